The van der Waals surface area contributed by atoms with Gasteiger partial charge in [0.15, 0.2) is 0 Å². The molecule has 0 saturated heterocycles. The fraction of sp³-hybridized carbons (Fsp3) is 0.294. The van der Waals surface area contributed by atoms with E-state index in [1.807, 2.05) is 0 Å². The quantitative estimate of drug-likeness (QED) is 0.776. The average molecular weight is 254 g/mol. The largest absolute Gasteiger partial charge is 0.326 e. The van der Waals surface area contributed by atoms with Gasteiger partial charge < -0.3 is 11.1 Å². The van der Waals surface area contributed by atoms with Crippen LogP contribution < -0.4 is 11.1 Å². The van der Waals surface area contributed by atoms with Crippen LogP contribution in [0.15, 0.2) is 48.5 Å². The summed E-state index contributed by atoms with van der Waals surface area (Å²) < 4.78 is 0. The van der Waals surface area contributed by atoms with E-state index in [9.17, 15) is 0 Å². The highest BCUT2D eigenvalue weighted by atomic mass is 14.8. The molecule has 0 bridgehead atoms. The predicted molar refractivity (Wildman–Crippen MR) is 81.8 cm³/mol. The zero-order valence-corrected chi connectivity index (χ0v) is 11.5. The molecule has 0 unspecified atom stereocenters. The minimum absolute atomic E-state index is 0.587. The molecule has 0 spiro atoms. The van der Waals surface area contributed by atoms with E-state index in [-0.39, 0.29) is 0 Å². The molecule has 0 aliphatic heterocycles. The monoisotopic (exact) mass is 254 g/mol. The maximum Gasteiger partial charge on any atom is 0.0211 e. The lowest BCUT2D eigenvalue weighted by molar-refractivity contribution is 0.676. The lowest BCUT2D eigenvalue weighted by atomic mass is 9.98. The molecule has 0 saturated carbocycles. The molecule has 2 aromatic carbocycles. The molecule has 0 aliphatic carbocycles. The number of benzene rings is 2. The van der Waals surface area contributed by atoms with Crippen LogP contribution in [-0.2, 0) is 13.1 Å². The molecule has 100 valence electrons. The summed E-state index contributed by atoms with van der Waals surface area (Å²) in [4.78, 5) is 0. The first-order chi connectivity index (χ1) is 9.35. The van der Waals surface area contributed by atoms with Gasteiger partial charge in [-0.3, -0.25) is 0 Å². The van der Waals surface area contributed by atoms with Crippen molar-refractivity contribution in [3.8, 4) is 11.1 Å². The Morgan fingerprint density at radius 3 is 2.68 bits per heavy atom. The maximum atomic E-state index is 5.72. The van der Waals surface area contributed by atoms with E-state index in [2.05, 4.69) is 60.8 Å². The van der Waals surface area contributed by atoms with Crippen molar-refractivity contribution >= 4 is 0 Å². The Morgan fingerprint density at radius 2 is 1.89 bits per heavy atom. The van der Waals surface area contributed by atoms with Crippen molar-refractivity contribution in [1.29, 1.82) is 0 Å². The fourth-order valence-electron chi connectivity index (χ4n) is 2.22. The van der Waals surface area contributed by atoms with Crippen LogP contribution in [0.5, 0.6) is 0 Å². The first kappa shape index (κ1) is 13.8. The molecule has 0 aliphatic rings. The highest BCUT2D eigenvalue weighted by molar-refractivity contribution is 5.68. The molecule has 19 heavy (non-hydrogen) atoms. The van der Waals surface area contributed by atoms with Crippen LogP contribution in [-0.4, -0.2) is 6.54 Å². The maximum absolute atomic E-state index is 5.72. The second-order valence-corrected chi connectivity index (χ2v) is 4.74. The van der Waals surface area contributed by atoms with Gasteiger partial charge >= 0.3 is 0 Å². The molecule has 0 atom stereocenters. The van der Waals surface area contributed by atoms with Gasteiger partial charge in [0.2, 0.25) is 0 Å². The second kappa shape index (κ2) is 7.07. The molecule has 0 radical (unpaired) electrons. The molecular weight excluding hydrogens is 232 g/mol. The van der Waals surface area contributed by atoms with Gasteiger partial charge in [0, 0.05) is 13.1 Å². The van der Waals surface area contributed by atoms with Gasteiger partial charge in [-0.2, -0.15) is 0 Å². The molecule has 2 heteroatoms. The SMILES string of the molecule is CCCNCc1ccccc1-c1cccc(CN)c1. The van der Waals surface area contributed by atoms with Crippen molar-refractivity contribution < 1.29 is 0 Å². The van der Waals surface area contributed by atoms with Crippen LogP contribution >= 0.6 is 0 Å². The summed E-state index contributed by atoms with van der Waals surface area (Å²) in [6.07, 6.45) is 1.16. The Bertz CT molecular complexity index is 520. The van der Waals surface area contributed by atoms with Crippen molar-refractivity contribution in [3.05, 3.63) is 59.7 Å². The Morgan fingerprint density at radius 1 is 1.05 bits per heavy atom. The van der Waals surface area contributed by atoms with Crippen molar-refractivity contribution in [2.45, 2.75) is 26.4 Å². The lowest BCUT2D eigenvalue weighted by Crippen LogP contribution is -2.14. The Kier molecular flexibility index (Phi) is 5.13. The third-order valence-electron chi connectivity index (χ3n) is 3.23. The van der Waals surface area contributed by atoms with Gasteiger partial charge in [0.1, 0.15) is 0 Å². The third-order valence-corrected chi connectivity index (χ3v) is 3.23. The topological polar surface area (TPSA) is 38.0 Å². The van der Waals surface area contributed by atoms with Crippen molar-refractivity contribution in [3.63, 3.8) is 0 Å². The van der Waals surface area contributed by atoms with E-state index in [0.717, 1.165) is 19.5 Å². The van der Waals surface area contributed by atoms with Gasteiger partial charge in [0.25, 0.3) is 0 Å². The summed E-state index contributed by atoms with van der Waals surface area (Å²) in [6.45, 7) is 4.74. The molecule has 2 aromatic rings. The zero-order chi connectivity index (χ0) is 13.5. The number of hydrogen-bond acceptors (Lipinski definition) is 2. The van der Waals surface area contributed by atoms with Crippen molar-refractivity contribution in [2.75, 3.05) is 6.54 Å². The second-order valence-electron chi connectivity index (χ2n) is 4.74. The van der Waals surface area contributed by atoms with Crippen molar-refractivity contribution in [2.24, 2.45) is 5.73 Å². The molecule has 0 amide bonds. The van der Waals surface area contributed by atoms with E-state index >= 15 is 0 Å². The zero-order valence-electron chi connectivity index (χ0n) is 11.5. The summed E-state index contributed by atoms with van der Waals surface area (Å²) >= 11 is 0. The molecule has 0 aromatic heterocycles. The highest BCUT2D eigenvalue weighted by Gasteiger charge is 2.04. The first-order valence-corrected chi connectivity index (χ1v) is 6.93. The Hall–Kier alpha value is -1.64. The number of nitrogens with two attached hydrogens (primary N) is 1. The fourth-order valence-corrected chi connectivity index (χ4v) is 2.22. The van der Waals surface area contributed by atoms with Crippen LogP contribution in [0.1, 0.15) is 24.5 Å². The Balaban J connectivity index is 2.27. The van der Waals surface area contributed by atoms with Crippen LogP contribution in [0.25, 0.3) is 11.1 Å². The van der Waals surface area contributed by atoms with E-state index in [1.165, 1.54) is 22.3 Å². The van der Waals surface area contributed by atoms with Gasteiger partial charge in [-0.15, -0.1) is 0 Å². The summed E-state index contributed by atoms with van der Waals surface area (Å²) in [6, 6.07) is 17.0. The smallest absolute Gasteiger partial charge is 0.0211 e. The summed E-state index contributed by atoms with van der Waals surface area (Å²) in [5.74, 6) is 0. The highest BCUT2D eigenvalue weighted by Crippen LogP contribution is 2.24. The lowest BCUT2D eigenvalue weighted by Gasteiger charge is -2.11. The molecule has 3 N–H and O–H groups in total. The standard InChI is InChI=1S/C17H22N2/c1-2-10-19-13-16-7-3-4-9-17(16)15-8-5-6-14(11-15)12-18/h3-9,11,19H,2,10,12-13,18H2,1H3. The summed E-state index contributed by atoms with van der Waals surface area (Å²) in [5, 5.41) is 3.47. The van der Waals surface area contributed by atoms with E-state index in [4.69, 9.17) is 5.73 Å². The van der Waals surface area contributed by atoms with Crippen LogP contribution in [0.4, 0.5) is 0 Å². The molecule has 0 heterocycles. The van der Waals surface area contributed by atoms with E-state index in [0.29, 0.717) is 6.54 Å². The van der Waals surface area contributed by atoms with Crippen LogP contribution in [0.2, 0.25) is 0 Å². The number of rotatable bonds is 6. The normalized spacial score (nSPS) is 10.6. The van der Waals surface area contributed by atoms with Gasteiger partial charge in [-0.05, 0) is 41.3 Å². The van der Waals surface area contributed by atoms with Gasteiger partial charge in [-0.25, -0.2) is 0 Å². The third kappa shape index (κ3) is 3.66. The molecule has 2 nitrogen and oxygen atoms in total. The minimum Gasteiger partial charge on any atom is -0.326 e. The predicted octanol–water partition coefficient (Wildman–Crippen LogP) is 3.31. The molecule has 0 fully saturated rings. The Labute approximate surface area is 115 Å². The number of nitrogens with one attached hydrogen (secondary N) is 1. The number of hydrogen-bond donors (Lipinski definition) is 2. The van der Waals surface area contributed by atoms with Gasteiger partial charge in [0.05, 0.1) is 0 Å². The van der Waals surface area contributed by atoms with E-state index in [1.54, 1.807) is 0 Å². The van der Waals surface area contributed by atoms with Crippen LogP contribution in [0, 0.1) is 0 Å². The van der Waals surface area contributed by atoms with E-state index < -0.39 is 0 Å². The molecular formula is C17H22N2. The summed E-state index contributed by atoms with van der Waals surface area (Å²) in [5.41, 5.74) is 10.8. The summed E-state index contributed by atoms with van der Waals surface area (Å²) in [7, 11) is 0. The minimum atomic E-state index is 0.587. The van der Waals surface area contributed by atoms with Crippen LogP contribution in [0.3, 0.4) is 0 Å². The van der Waals surface area contributed by atoms with Gasteiger partial charge in [-0.1, -0.05) is 49.4 Å². The average Bonchev–Trinajstić information content (AvgIpc) is 2.48. The van der Waals surface area contributed by atoms with Crippen molar-refractivity contribution in [1.82, 2.24) is 5.32 Å². The molecule has 2 rings (SSSR count). The first-order valence-electron chi connectivity index (χ1n) is 6.93.